The van der Waals surface area contributed by atoms with E-state index in [1.807, 2.05) is 0 Å². The Bertz CT molecular complexity index is 364. The maximum absolute atomic E-state index is 8.75. The lowest BCUT2D eigenvalue weighted by Gasteiger charge is -2.10. The van der Waals surface area contributed by atoms with Gasteiger partial charge in [-0.15, -0.1) is 0 Å². The molecule has 0 unspecified atom stereocenters. The van der Waals surface area contributed by atoms with E-state index in [4.69, 9.17) is 20.4 Å². The van der Waals surface area contributed by atoms with Gasteiger partial charge < -0.3 is 20.4 Å². The van der Waals surface area contributed by atoms with Gasteiger partial charge in [0.25, 0.3) is 0 Å². The van der Waals surface area contributed by atoms with Crippen molar-refractivity contribution in [2.45, 2.75) is 0 Å². The Hall–Kier alpha value is -1.75. The smallest absolute Gasteiger partial charge is 0.131 e. The molecule has 1 aromatic carbocycles. The van der Waals surface area contributed by atoms with E-state index in [1.54, 1.807) is 25.3 Å². The van der Waals surface area contributed by atoms with Gasteiger partial charge in [0, 0.05) is 18.2 Å². The van der Waals surface area contributed by atoms with E-state index in [9.17, 15) is 0 Å². The average Bonchev–Trinajstić information content (AvgIpc) is 2.31. The second-order valence-electron chi connectivity index (χ2n) is 2.82. The third kappa shape index (κ3) is 2.38. The first-order valence-corrected chi connectivity index (χ1v) is 4.40. The van der Waals surface area contributed by atoms with E-state index in [1.165, 1.54) is 7.11 Å². The third-order valence-corrected chi connectivity index (χ3v) is 2.03. The fourth-order valence-electron chi connectivity index (χ4n) is 1.24. The van der Waals surface area contributed by atoms with Gasteiger partial charge in [0.2, 0.25) is 0 Å². The van der Waals surface area contributed by atoms with Crippen LogP contribution in [0.15, 0.2) is 23.4 Å². The molecule has 0 fully saturated rings. The summed E-state index contributed by atoms with van der Waals surface area (Å²) in [6.45, 7) is 0.138. The van der Waals surface area contributed by atoms with Crippen molar-refractivity contribution < 1.29 is 14.7 Å². The lowest BCUT2D eigenvalue weighted by atomic mass is 10.1. The Balaban J connectivity index is 3.18. The second-order valence-corrected chi connectivity index (χ2v) is 2.82. The maximum Gasteiger partial charge on any atom is 0.131 e. The molecule has 0 saturated carbocycles. The number of methoxy groups -OCH3 is 2. The summed E-state index contributed by atoms with van der Waals surface area (Å²) in [5, 5.41) is 11.9. The maximum atomic E-state index is 8.75. The normalized spacial score (nSPS) is 11.3. The fourth-order valence-corrected chi connectivity index (χ4v) is 1.24. The fraction of sp³-hybridized carbons (Fsp3) is 0.300. The minimum Gasteiger partial charge on any atom is -0.497 e. The van der Waals surface area contributed by atoms with Gasteiger partial charge in [0.05, 0.1) is 14.2 Å². The summed E-state index contributed by atoms with van der Waals surface area (Å²) in [6.07, 6.45) is 0. The van der Waals surface area contributed by atoms with Crippen molar-refractivity contribution in [1.82, 2.24) is 0 Å². The Kier molecular flexibility index (Phi) is 3.93. The number of hydrogen-bond acceptors (Lipinski definition) is 5. The molecule has 0 amide bonds. The molecule has 1 rings (SSSR count). The monoisotopic (exact) mass is 210 g/mol. The predicted molar refractivity (Wildman–Crippen MR) is 56.9 cm³/mol. The molecule has 0 aliphatic carbocycles. The predicted octanol–water partition coefficient (Wildman–Crippen LogP) is 0.841. The van der Waals surface area contributed by atoms with Crippen molar-refractivity contribution in [2.24, 2.45) is 10.9 Å². The highest BCUT2D eigenvalue weighted by Crippen LogP contribution is 2.24. The number of rotatable bonds is 4. The van der Waals surface area contributed by atoms with Gasteiger partial charge in [0.15, 0.2) is 0 Å². The van der Waals surface area contributed by atoms with Gasteiger partial charge in [-0.1, -0.05) is 5.16 Å². The van der Waals surface area contributed by atoms with Crippen LogP contribution in [-0.4, -0.2) is 31.7 Å². The first-order valence-electron chi connectivity index (χ1n) is 4.40. The molecule has 0 atom stereocenters. The molecular weight excluding hydrogens is 196 g/mol. The minimum absolute atomic E-state index is 0.138. The van der Waals surface area contributed by atoms with Crippen molar-refractivity contribution in [2.75, 3.05) is 20.8 Å². The third-order valence-electron chi connectivity index (χ3n) is 2.03. The van der Waals surface area contributed by atoms with Crippen LogP contribution < -0.4 is 15.2 Å². The van der Waals surface area contributed by atoms with E-state index in [0.717, 1.165) is 0 Å². The molecule has 0 saturated heterocycles. The molecule has 82 valence electrons. The van der Waals surface area contributed by atoms with Crippen LogP contribution in [0.5, 0.6) is 11.5 Å². The molecule has 15 heavy (non-hydrogen) atoms. The van der Waals surface area contributed by atoms with Crippen molar-refractivity contribution >= 4 is 5.71 Å². The molecular formula is C10H14N2O3. The zero-order valence-electron chi connectivity index (χ0n) is 8.73. The molecule has 0 aliphatic heterocycles. The summed E-state index contributed by atoms with van der Waals surface area (Å²) in [5.74, 6) is 1.23. The van der Waals surface area contributed by atoms with E-state index in [0.29, 0.717) is 22.8 Å². The van der Waals surface area contributed by atoms with Crippen LogP contribution in [0.3, 0.4) is 0 Å². The first-order chi connectivity index (χ1) is 7.26. The van der Waals surface area contributed by atoms with Crippen molar-refractivity contribution in [3.05, 3.63) is 23.8 Å². The van der Waals surface area contributed by atoms with Crippen LogP contribution in [0.2, 0.25) is 0 Å². The molecule has 0 bridgehead atoms. The average molecular weight is 210 g/mol. The number of oxime groups is 1. The highest BCUT2D eigenvalue weighted by molar-refractivity contribution is 6.03. The Morgan fingerprint density at radius 1 is 1.40 bits per heavy atom. The Morgan fingerprint density at radius 2 is 2.13 bits per heavy atom. The quantitative estimate of drug-likeness (QED) is 0.438. The van der Waals surface area contributed by atoms with Crippen LogP contribution in [0.1, 0.15) is 5.56 Å². The van der Waals surface area contributed by atoms with Crippen LogP contribution in [-0.2, 0) is 0 Å². The van der Waals surface area contributed by atoms with Gasteiger partial charge in [-0.3, -0.25) is 0 Å². The molecule has 0 aliphatic rings. The summed E-state index contributed by atoms with van der Waals surface area (Å²) in [5.41, 5.74) is 6.46. The number of nitrogens with two attached hydrogens (primary N) is 1. The molecule has 3 N–H and O–H groups in total. The van der Waals surface area contributed by atoms with Crippen molar-refractivity contribution in [1.29, 1.82) is 0 Å². The standard InChI is InChI=1S/C10H14N2O3/c1-14-7-3-4-8(9(6-11)12-13)10(5-7)15-2/h3-5,13H,6,11H2,1-2H3. The summed E-state index contributed by atoms with van der Waals surface area (Å²) in [6, 6.07) is 5.19. The summed E-state index contributed by atoms with van der Waals surface area (Å²) < 4.78 is 10.2. The van der Waals surface area contributed by atoms with E-state index >= 15 is 0 Å². The summed E-state index contributed by atoms with van der Waals surface area (Å²) in [7, 11) is 3.10. The SMILES string of the molecule is COc1ccc(C(CN)=NO)c(OC)c1. The number of nitrogens with zero attached hydrogens (tertiary/aromatic N) is 1. The van der Waals surface area contributed by atoms with E-state index in [2.05, 4.69) is 5.16 Å². The second kappa shape index (κ2) is 5.21. The van der Waals surface area contributed by atoms with Gasteiger partial charge in [-0.25, -0.2) is 0 Å². The van der Waals surface area contributed by atoms with Gasteiger partial charge in [0.1, 0.15) is 17.2 Å². The van der Waals surface area contributed by atoms with Gasteiger partial charge >= 0.3 is 0 Å². The van der Waals surface area contributed by atoms with Crippen molar-refractivity contribution in [3.8, 4) is 11.5 Å². The van der Waals surface area contributed by atoms with Crippen LogP contribution >= 0.6 is 0 Å². The van der Waals surface area contributed by atoms with E-state index < -0.39 is 0 Å². The zero-order chi connectivity index (χ0) is 11.3. The molecule has 5 heteroatoms. The summed E-state index contributed by atoms with van der Waals surface area (Å²) >= 11 is 0. The largest absolute Gasteiger partial charge is 0.497 e. The molecule has 0 radical (unpaired) electrons. The molecule has 0 spiro atoms. The lowest BCUT2D eigenvalue weighted by molar-refractivity contribution is 0.318. The highest BCUT2D eigenvalue weighted by Gasteiger charge is 2.10. The summed E-state index contributed by atoms with van der Waals surface area (Å²) in [4.78, 5) is 0. The topological polar surface area (TPSA) is 77.1 Å². The van der Waals surface area contributed by atoms with Crippen LogP contribution in [0, 0.1) is 0 Å². The van der Waals surface area contributed by atoms with Crippen LogP contribution in [0.4, 0.5) is 0 Å². The molecule has 0 heterocycles. The minimum atomic E-state index is 0.138. The Labute approximate surface area is 88.1 Å². The molecule has 5 nitrogen and oxygen atoms in total. The number of hydrogen-bond donors (Lipinski definition) is 2. The number of benzene rings is 1. The van der Waals surface area contributed by atoms with Gasteiger partial charge in [-0.05, 0) is 12.1 Å². The zero-order valence-corrected chi connectivity index (χ0v) is 8.73. The molecule has 0 aromatic heterocycles. The highest BCUT2D eigenvalue weighted by atomic mass is 16.5. The van der Waals surface area contributed by atoms with Crippen LogP contribution in [0.25, 0.3) is 0 Å². The lowest BCUT2D eigenvalue weighted by Crippen LogP contribution is -2.16. The first kappa shape index (κ1) is 11.3. The Morgan fingerprint density at radius 3 is 2.60 bits per heavy atom. The van der Waals surface area contributed by atoms with E-state index in [-0.39, 0.29) is 6.54 Å². The number of ether oxygens (including phenoxy) is 2. The van der Waals surface area contributed by atoms with Gasteiger partial charge in [-0.2, -0.15) is 0 Å². The molecule has 1 aromatic rings. The van der Waals surface area contributed by atoms with Crippen molar-refractivity contribution in [3.63, 3.8) is 0 Å².